The Morgan fingerprint density at radius 2 is 1.23 bits per heavy atom. The number of carbonyl (C=O) groups excluding carboxylic acids is 2. The molecule has 0 radical (unpaired) electrons. The van der Waals surface area contributed by atoms with E-state index in [9.17, 15) is 50.4 Å². The number of amides is 2. The summed E-state index contributed by atoms with van der Waals surface area (Å²) in [5.41, 5.74) is 6.09. The van der Waals surface area contributed by atoms with Crippen molar-refractivity contribution in [3.8, 4) is 46.0 Å². The maximum atomic E-state index is 12.9. The zero-order chi connectivity index (χ0) is 28.9. The Morgan fingerprint density at radius 1 is 0.744 bits per heavy atom. The third-order valence-electron chi connectivity index (χ3n) is 5.24. The third-order valence-corrected chi connectivity index (χ3v) is 5.24. The summed E-state index contributed by atoms with van der Waals surface area (Å²) in [6.07, 6.45) is 3.31. The summed E-state index contributed by atoms with van der Waals surface area (Å²) >= 11 is 0. The average molecular weight is 539 g/mol. The average Bonchev–Trinajstić information content (AvgIpc) is 2.84. The van der Waals surface area contributed by atoms with Crippen molar-refractivity contribution in [3.63, 3.8) is 0 Å². The molecule has 13 nitrogen and oxygen atoms in total. The standard InChI is InChI=1S/C26H25N3O10/c27-17(5-13-3-15(30)11-16(31)4-13)25(38)29-18(6-14-9-21(34)24(37)22(35)10-14)26(39)28-2-1-12-7-19(32)23(36)20(33)8-12/h1-4,6-11,17,30-37H,5,27H2,(H,28,39)(H,29,38)/t17-/m0/s1. The molecule has 3 rings (SSSR count). The van der Waals surface area contributed by atoms with Crippen molar-refractivity contribution in [2.24, 2.45) is 5.73 Å². The molecule has 39 heavy (non-hydrogen) atoms. The Hall–Kier alpha value is -5.56. The van der Waals surface area contributed by atoms with Crippen molar-refractivity contribution in [3.05, 3.63) is 71.1 Å². The summed E-state index contributed by atoms with van der Waals surface area (Å²) < 4.78 is 0. The summed E-state index contributed by atoms with van der Waals surface area (Å²) in [7, 11) is 0. The van der Waals surface area contributed by atoms with Crippen LogP contribution in [0, 0.1) is 0 Å². The van der Waals surface area contributed by atoms with Gasteiger partial charge < -0.3 is 57.2 Å². The van der Waals surface area contributed by atoms with Gasteiger partial charge in [-0.15, -0.1) is 0 Å². The smallest absolute Gasteiger partial charge is 0.271 e. The molecule has 3 aromatic carbocycles. The largest absolute Gasteiger partial charge is 0.508 e. The number of rotatable bonds is 8. The number of nitrogens with two attached hydrogens (primary N) is 1. The number of carbonyl (C=O) groups is 2. The molecule has 0 saturated carbocycles. The van der Waals surface area contributed by atoms with Crippen LogP contribution in [0.5, 0.6) is 46.0 Å². The van der Waals surface area contributed by atoms with Crippen LogP contribution < -0.4 is 16.4 Å². The zero-order valence-corrected chi connectivity index (χ0v) is 20.0. The van der Waals surface area contributed by atoms with E-state index in [1.807, 2.05) is 0 Å². The molecule has 1 atom stereocenters. The van der Waals surface area contributed by atoms with E-state index in [0.29, 0.717) is 5.56 Å². The highest BCUT2D eigenvalue weighted by atomic mass is 16.3. The fraction of sp³-hybridized carbons (Fsp3) is 0.0769. The van der Waals surface area contributed by atoms with Crippen LogP contribution >= 0.6 is 0 Å². The zero-order valence-electron chi connectivity index (χ0n) is 20.0. The first kappa shape index (κ1) is 28.0. The van der Waals surface area contributed by atoms with Crippen LogP contribution in [-0.2, 0) is 16.0 Å². The van der Waals surface area contributed by atoms with Crippen molar-refractivity contribution >= 4 is 24.0 Å². The van der Waals surface area contributed by atoms with Gasteiger partial charge in [0.1, 0.15) is 17.2 Å². The molecular weight excluding hydrogens is 514 g/mol. The molecule has 3 aromatic rings. The fourth-order valence-corrected chi connectivity index (χ4v) is 3.39. The highest BCUT2D eigenvalue weighted by Gasteiger charge is 2.20. The van der Waals surface area contributed by atoms with Crippen molar-refractivity contribution in [2.45, 2.75) is 12.5 Å². The summed E-state index contributed by atoms with van der Waals surface area (Å²) in [6, 6.07) is 6.68. The molecule has 0 aliphatic carbocycles. The van der Waals surface area contributed by atoms with Gasteiger partial charge in [0.25, 0.3) is 5.91 Å². The van der Waals surface area contributed by atoms with E-state index < -0.39 is 58.1 Å². The Balaban J connectivity index is 1.85. The SMILES string of the molecule is N[C@@H](Cc1cc(O)cc(O)c1)C(=O)NC(=Cc1cc(O)c(O)c(O)c1)C(=O)NC=Cc1cc(O)c(O)c(O)c1. The fourth-order valence-electron chi connectivity index (χ4n) is 3.39. The second-order valence-corrected chi connectivity index (χ2v) is 8.34. The lowest BCUT2D eigenvalue weighted by molar-refractivity contribution is -0.124. The van der Waals surface area contributed by atoms with Crippen molar-refractivity contribution in [2.75, 3.05) is 0 Å². The van der Waals surface area contributed by atoms with E-state index >= 15 is 0 Å². The van der Waals surface area contributed by atoms with Gasteiger partial charge in [-0.25, -0.2) is 0 Å². The Labute approximate surface area is 220 Å². The lowest BCUT2D eigenvalue weighted by atomic mass is 10.0. The number of hydrogen-bond donors (Lipinski definition) is 11. The number of aromatic hydroxyl groups is 8. The number of nitrogens with one attached hydrogen (secondary N) is 2. The molecule has 0 bridgehead atoms. The van der Waals surface area contributed by atoms with Gasteiger partial charge in [-0.2, -0.15) is 0 Å². The first-order valence-electron chi connectivity index (χ1n) is 11.1. The Morgan fingerprint density at radius 3 is 1.74 bits per heavy atom. The minimum absolute atomic E-state index is 0.0112. The maximum absolute atomic E-state index is 12.9. The summed E-state index contributed by atoms with van der Waals surface area (Å²) in [5.74, 6) is -6.34. The van der Waals surface area contributed by atoms with E-state index in [1.165, 1.54) is 18.2 Å². The quantitative estimate of drug-likeness (QED) is 0.143. The van der Waals surface area contributed by atoms with Crippen LogP contribution in [0.15, 0.2) is 54.4 Å². The Bertz CT molecular complexity index is 1420. The van der Waals surface area contributed by atoms with Crippen LogP contribution in [0.1, 0.15) is 16.7 Å². The van der Waals surface area contributed by atoms with Crippen LogP contribution in [0.3, 0.4) is 0 Å². The van der Waals surface area contributed by atoms with Gasteiger partial charge in [0.05, 0.1) is 6.04 Å². The van der Waals surface area contributed by atoms with Crippen molar-refractivity contribution in [1.29, 1.82) is 0 Å². The number of benzene rings is 3. The van der Waals surface area contributed by atoms with E-state index in [2.05, 4.69) is 10.6 Å². The van der Waals surface area contributed by atoms with Crippen LogP contribution in [0.2, 0.25) is 0 Å². The normalized spacial score (nSPS) is 12.3. The minimum atomic E-state index is -1.25. The summed E-state index contributed by atoms with van der Waals surface area (Å²) in [4.78, 5) is 25.7. The van der Waals surface area contributed by atoms with Crippen molar-refractivity contribution < 1.29 is 50.4 Å². The van der Waals surface area contributed by atoms with Crippen LogP contribution in [0.4, 0.5) is 0 Å². The number of hydrogen-bond acceptors (Lipinski definition) is 11. The number of phenols is 8. The molecule has 0 unspecified atom stereocenters. The highest BCUT2D eigenvalue weighted by molar-refractivity contribution is 6.02. The molecule has 0 fully saturated rings. The van der Waals surface area contributed by atoms with E-state index in [-0.39, 0.29) is 29.0 Å². The topological polar surface area (TPSA) is 246 Å². The summed E-state index contributed by atoms with van der Waals surface area (Å²) in [5, 5.41) is 81.7. The lowest BCUT2D eigenvalue weighted by Crippen LogP contribution is -2.44. The predicted molar refractivity (Wildman–Crippen MR) is 138 cm³/mol. The minimum Gasteiger partial charge on any atom is -0.508 e. The van der Waals surface area contributed by atoms with Gasteiger partial charge in [-0.05, 0) is 71.7 Å². The third kappa shape index (κ3) is 7.24. The van der Waals surface area contributed by atoms with E-state index in [0.717, 1.165) is 42.6 Å². The summed E-state index contributed by atoms with van der Waals surface area (Å²) in [6.45, 7) is 0. The lowest BCUT2D eigenvalue weighted by Gasteiger charge is -2.15. The van der Waals surface area contributed by atoms with Gasteiger partial charge in [0, 0.05) is 12.3 Å². The second kappa shape index (κ2) is 11.7. The van der Waals surface area contributed by atoms with Crippen LogP contribution in [-0.4, -0.2) is 58.7 Å². The molecule has 204 valence electrons. The first-order chi connectivity index (χ1) is 18.3. The molecule has 2 amide bonds. The van der Waals surface area contributed by atoms with Gasteiger partial charge in [-0.1, -0.05) is 0 Å². The van der Waals surface area contributed by atoms with Gasteiger partial charge in [-0.3, -0.25) is 9.59 Å². The van der Waals surface area contributed by atoms with Gasteiger partial charge in [0.15, 0.2) is 34.5 Å². The van der Waals surface area contributed by atoms with Gasteiger partial charge in [0.2, 0.25) is 5.91 Å². The molecule has 0 spiro atoms. The highest BCUT2D eigenvalue weighted by Crippen LogP contribution is 2.36. The monoisotopic (exact) mass is 539 g/mol. The maximum Gasteiger partial charge on any atom is 0.271 e. The molecule has 0 aliphatic heterocycles. The molecule has 0 saturated heterocycles. The molecule has 0 aromatic heterocycles. The molecular formula is C26H25N3O10. The van der Waals surface area contributed by atoms with E-state index in [1.54, 1.807) is 0 Å². The second-order valence-electron chi connectivity index (χ2n) is 8.34. The molecule has 12 N–H and O–H groups in total. The van der Waals surface area contributed by atoms with Crippen molar-refractivity contribution in [1.82, 2.24) is 10.6 Å². The molecule has 13 heteroatoms. The Kier molecular flexibility index (Phi) is 8.38. The number of phenolic OH excluding ortho intramolecular Hbond substituents is 8. The molecule has 0 aliphatic rings. The first-order valence-corrected chi connectivity index (χ1v) is 11.1. The van der Waals surface area contributed by atoms with E-state index in [4.69, 9.17) is 5.73 Å². The van der Waals surface area contributed by atoms with Crippen LogP contribution in [0.25, 0.3) is 12.2 Å². The predicted octanol–water partition coefficient (Wildman–Crippen LogP) is 1.15. The van der Waals surface area contributed by atoms with Gasteiger partial charge >= 0.3 is 0 Å². The molecule has 0 heterocycles.